The van der Waals surface area contributed by atoms with E-state index in [9.17, 15) is 0 Å². The van der Waals surface area contributed by atoms with E-state index in [1.54, 1.807) is 14.2 Å². The molecule has 0 aliphatic heterocycles. The first-order valence-corrected chi connectivity index (χ1v) is 7.42. The number of hydrogen-bond donors (Lipinski definition) is 2. The summed E-state index contributed by atoms with van der Waals surface area (Å²) in [5.74, 6) is 1.82. The number of aryl methyl sites for hydroxylation is 1. The van der Waals surface area contributed by atoms with Gasteiger partial charge in [0, 0.05) is 6.54 Å². The minimum atomic E-state index is 0. The van der Waals surface area contributed by atoms with Gasteiger partial charge in [0.2, 0.25) is 0 Å². The summed E-state index contributed by atoms with van der Waals surface area (Å²) in [5, 5.41) is 3.10. The molecule has 0 aliphatic rings. The van der Waals surface area contributed by atoms with Crippen molar-refractivity contribution < 1.29 is 9.47 Å². The molecule has 0 aromatic heterocycles. The van der Waals surface area contributed by atoms with Crippen molar-refractivity contribution in [1.29, 1.82) is 0 Å². The van der Waals surface area contributed by atoms with Gasteiger partial charge in [0.25, 0.3) is 0 Å². The molecule has 2 rings (SSSR count). The number of aliphatic imine (C=N–C) groups is 1. The zero-order valence-electron chi connectivity index (χ0n) is 14.2. The van der Waals surface area contributed by atoms with E-state index in [-0.39, 0.29) is 24.0 Å². The van der Waals surface area contributed by atoms with Crippen molar-refractivity contribution in [3.63, 3.8) is 0 Å². The standard InChI is InChI=1S/C18H23N3O2.HI/c1-13-5-4-6-14(9-13)11-20-18(19)21-12-15-7-8-16(22-2)17(10-15)23-3;/h4-10H,11-12H2,1-3H3,(H3,19,20,21);1H. The summed E-state index contributed by atoms with van der Waals surface area (Å²) < 4.78 is 10.5. The molecule has 0 radical (unpaired) electrons. The molecular weight excluding hydrogens is 417 g/mol. The maximum absolute atomic E-state index is 5.92. The summed E-state index contributed by atoms with van der Waals surface area (Å²) in [4.78, 5) is 4.35. The summed E-state index contributed by atoms with van der Waals surface area (Å²) in [6.07, 6.45) is 0. The number of rotatable bonds is 6. The van der Waals surface area contributed by atoms with Crippen LogP contribution in [-0.2, 0) is 13.1 Å². The van der Waals surface area contributed by atoms with Crippen LogP contribution in [0.25, 0.3) is 0 Å². The summed E-state index contributed by atoms with van der Waals surface area (Å²) in [7, 11) is 3.23. The molecule has 2 aromatic carbocycles. The fourth-order valence-corrected chi connectivity index (χ4v) is 2.23. The first kappa shape index (κ1) is 20.1. The van der Waals surface area contributed by atoms with Gasteiger partial charge in [0.1, 0.15) is 0 Å². The molecule has 0 unspecified atom stereocenters. The van der Waals surface area contributed by atoms with Gasteiger partial charge in [-0.1, -0.05) is 35.9 Å². The number of benzene rings is 2. The third kappa shape index (κ3) is 5.92. The largest absolute Gasteiger partial charge is 0.493 e. The van der Waals surface area contributed by atoms with Crippen LogP contribution in [0.2, 0.25) is 0 Å². The molecule has 0 fully saturated rings. The van der Waals surface area contributed by atoms with Crippen LogP contribution in [0.4, 0.5) is 0 Å². The molecule has 5 nitrogen and oxygen atoms in total. The molecule has 0 heterocycles. The summed E-state index contributed by atoms with van der Waals surface area (Å²) in [6.45, 7) is 3.20. The van der Waals surface area contributed by atoms with E-state index in [0.29, 0.717) is 30.5 Å². The Bertz CT molecular complexity index is 690. The van der Waals surface area contributed by atoms with Gasteiger partial charge in [-0.15, -0.1) is 24.0 Å². The van der Waals surface area contributed by atoms with Crippen LogP contribution in [-0.4, -0.2) is 20.2 Å². The molecule has 0 saturated carbocycles. The number of nitrogens with two attached hydrogens (primary N) is 1. The second-order valence-corrected chi connectivity index (χ2v) is 5.23. The van der Waals surface area contributed by atoms with Crippen LogP contribution in [0.1, 0.15) is 16.7 Å². The molecule has 6 heteroatoms. The van der Waals surface area contributed by atoms with Crippen LogP contribution in [0.3, 0.4) is 0 Å². The molecule has 24 heavy (non-hydrogen) atoms. The Morgan fingerprint density at radius 3 is 2.46 bits per heavy atom. The molecule has 0 spiro atoms. The highest BCUT2D eigenvalue weighted by Gasteiger charge is 2.04. The Morgan fingerprint density at radius 1 is 1.04 bits per heavy atom. The third-order valence-corrected chi connectivity index (χ3v) is 3.44. The zero-order chi connectivity index (χ0) is 16.7. The van der Waals surface area contributed by atoms with Gasteiger partial charge in [-0.25, -0.2) is 4.99 Å². The third-order valence-electron chi connectivity index (χ3n) is 3.44. The SMILES string of the molecule is COc1ccc(CNC(N)=NCc2cccc(C)c2)cc1OC.I. The van der Waals surface area contributed by atoms with Crippen LogP contribution < -0.4 is 20.5 Å². The minimum Gasteiger partial charge on any atom is -0.493 e. The van der Waals surface area contributed by atoms with Gasteiger partial charge in [0.15, 0.2) is 17.5 Å². The van der Waals surface area contributed by atoms with Crippen molar-refractivity contribution >= 4 is 29.9 Å². The Hall–Kier alpha value is -1.96. The van der Waals surface area contributed by atoms with E-state index in [2.05, 4.69) is 29.4 Å². The first-order valence-electron chi connectivity index (χ1n) is 7.42. The minimum absolute atomic E-state index is 0. The maximum atomic E-state index is 5.92. The molecule has 2 aromatic rings. The molecule has 3 N–H and O–H groups in total. The van der Waals surface area contributed by atoms with Crippen molar-refractivity contribution in [1.82, 2.24) is 5.32 Å². The summed E-state index contributed by atoms with van der Waals surface area (Å²) in [5.41, 5.74) is 9.31. The molecule has 0 amide bonds. The number of nitrogens with zero attached hydrogens (tertiary/aromatic N) is 1. The number of nitrogens with one attached hydrogen (secondary N) is 1. The summed E-state index contributed by atoms with van der Waals surface area (Å²) in [6, 6.07) is 14.0. The van der Waals surface area contributed by atoms with Gasteiger partial charge in [-0.05, 0) is 30.2 Å². The second-order valence-electron chi connectivity index (χ2n) is 5.23. The highest BCUT2D eigenvalue weighted by atomic mass is 127. The number of guanidine groups is 1. The monoisotopic (exact) mass is 441 g/mol. The lowest BCUT2D eigenvalue weighted by Crippen LogP contribution is -2.31. The fraction of sp³-hybridized carbons (Fsp3) is 0.278. The average molecular weight is 441 g/mol. The van der Waals surface area contributed by atoms with E-state index >= 15 is 0 Å². The van der Waals surface area contributed by atoms with Crippen LogP contribution in [0.5, 0.6) is 11.5 Å². The van der Waals surface area contributed by atoms with E-state index in [1.807, 2.05) is 30.3 Å². The highest BCUT2D eigenvalue weighted by Crippen LogP contribution is 2.27. The average Bonchev–Trinajstić information content (AvgIpc) is 2.57. The van der Waals surface area contributed by atoms with Crippen LogP contribution in [0.15, 0.2) is 47.5 Å². The van der Waals surface area contributed by atoms with E-state index in [4.69, 9.17) is 15.2 Å². The fourth-order valence-electron chi connectivity index (χ4n) is 2.23. The molecular formula is C18H24IN3O2. The van der Waals surface area contributed by atoms with Crippen molar-refractivity contribution in [3.8, 4) is 11.5 Å². The lowest BCUT2D eigenvalue weighted by Gasteiger charge is -2.10. The molecule has 130 valence electrons. The van der Waals surface area contributed by atoms with Gasteiger partial charge in [0.05, 0.1) is 20.8 Å². The van der Waals surface area contributed by atoms with Crippen molar-refractivity contribution in [2.24, 2.45) is 10.7 Å². The Morgan fingerprint density at radius 2 is 1.79 bits per heavy atom. The van der Waals surface area contributed by atoms with Crippen LogP contribution in [0, 0.1) is 6.92 Å². The van der Waals surface area contributed by atoms with Crippen molar-refractivity contribution in [2.45, 2.75) is 20.0 Å². The highest BCUT2D eigenvalue weighted by molar-refractivity contribution is 14.0. The number of ether oxygens (including phenoxy) is 2. The number of hydrogen-bond acceptors (Lipinski definition) is 3. The molecule has 0 aliphatic carbocycles. The predicted octanol–water partition coefficient (Wildman–Crippen LogP) is 3.23. The Kier molecular flexibility index (Phi) is 8.39. The first-order chi connectivity index (χ1) is 11.1. The van der Waals surface area contributed by atoms with E-state index in [1.165, 1.54) is 5.56 Å². The lowest BCUT2D eigenvalue weighted by molar-refractivity contribution is 0.354. The summed E-state index contributed by atoms with van der Waals surface area (Å²) >= 11 is 0. The van der Waals surface area contributed by atoms with Gasteiger partial charge >= 0.3 is 0 Å². The normalized spacial score (nSPS) is 10.7. The predicted molar refractivity (Wildman–Crippen MR) is 108 cm³/mol. The van der Waals surface area contributed by atoms with Gasteiger partial charge in [-0.2, -0.15) is 0 Å². The maximum Gasteiger partial charge on any atom is 0.189 e. The van der Waals surface area contributed by atoms with Gasteiger partial charge < -0.3 is 20.5 Å². The molecule has 0 atom stereocenters. The van der Waals surface area contributed by atoms with Crippen molar-refractivity contribution in [3.05, 3.63) is 59.2 Å². The van der Waals surface area contributed by atoms with Gasteiger partial charge in [-0.3, -0.25) is 0 Å². The number of methoxy groups -OCH3 is 2. The smallest absolute Gasteiger partial charge is 0.189 e. The van der Waals surface area contributed by atoms with E-state index in [0.717, 1.165) is 11.1 Å². The topological polar surface area (TPSA) is 68.9 Å². The second kappa shape index (κ2) is 10.0. The quantitative estimate of drug-likeness (QED) is 0.411. The van der Waals surface area contributed by atoms with Crippen molar-refractivity contribution in [2.75, 3.05) is 14.2 Å². The molecule has 0 saturated heterocycles. The van der Waals surface area contributed by atoms with E-state index < -0.39 is 0 Å². The molecule has 0 bridgehead atoms. The zero-order valence-corrected chi connectivity index (χ0v) is 16.5. The lowest BCUT2D eigenvalue weighted by atomic mass is 10.1. The Labute approximate surface area is 160 Å². The van der Waals surface area contributed by atoms with Crippen LogP contribution >= 0.6 is 24.0 Å². The number of halogens is 1. The Balaban J connectivity index is 0.00000288.